The summed E-state index contributed by atoms with van der Waals surface area (Å²) < 4.78 is 0. The lowest BCUT2D eigenvalue weighted by molar-refractivity contribution is 1.09. The fourth-order valence-electron chi connectivity index (χ4n) is 1.41. The molecule has 0 fully saturated rings. The summed E-state index contributed by atoms with van der Waals surface area (Å²) in [5, 5.41) is 7.95. The molecule has 0 aromatic carbocycles. The number of hydrogen-bond donors (Lipinski definition) is 1. The Morgan fingerprint density at radius 2 is 2.23 bits per heavy atom. The number of aryl methyl sites for hydroxylation is 2. The Morgan fingerprint density at radius 1 is 1.46 bits per heavy atom. The lowest BCUT2D eigenvalue weighted by Gasteiger charge is -1.96. The van der Waals surface area contributed by atoms with Crippen LogP contribution in [0.1, 0.15) is 17.0 Å². The first kappa shape index (κ1) is 7.81. The van der Waals surface area contributed by atoms with Crippen LogP contribution >= 0.6 is 0 Å². The minimum Gasteiger partial charge on any atom is -0.269 e. The Bertz CT molecular complexity index is 503. The zero-order chi connectivity index (χ0) is 9.42. The summed E-state index contributed by atoms with van der Waals surface area (Å²) in [5.74, 6) is 2.57. The van der Waals surface area contributed by atoms with E-state index < -0.39 is 0 Å². The van der Waals surface area contributed by atoms with Crippen LogP contribution < -0.4 is 0 Å². The van der Waals surface area contributed by atoms with Crippen molar-refractivity contribution in [3.63, 3.8) is 0 Å². The summed E-state index contributed by atoms with van der Waals surface area (Å²) in [4.78, 5) is 4.20. The fourth-order valence-corrected chi connectivity index (χ4v) is 1.41. The summed E-state index contributed by atoms with van der Waals surface area (Å²) in [6.45, 7) is 3.90. The molecule has 2 aromatic rings. The van der Waals surface area contributed by atoms with Crippen molar-refractivity contribution in [3.05, 3.63) is 23.1 Å². The van der Waals surface area contributed by atoms with Crippen molar-refractivity contribution < 1.29 is 0 Å². The Morgan fingerprint density at radius 3 is 2.92 bits per heavy atom. The number of pyridine rings is 1. The molecule has 0 radical (unpaired) electrons. The summed E-state index contributed by atoms with van der Waals surface area (Å²) in [5.41, 5.74) is 3.56. The van der Waals surface area contributed by atoms with Crippen LogP contribution in [0.15, 0.2) is 6.20 Å². The smallest absolute Gasteiger partial charge is 0.115 e. The second kappa shape index (κ2) is 2.60. The van der Waals surface area contributed by atoms with E-state index in [0.717, 1.165) is 27.9 Å². The monoisotopic (exact) mass is 171 g/mol. The molecule has 0 atom stereocenters. The van der Waals surface area contributed by atoms with Crippen LogP contribution in [0.25, 0.3) is 10.9 Å². The number of H-pyrrole nitrogens is 1. The highest BCUT2D eigenvalue weighted by molar-refractivity contribution is 5.88. The molecule has 0 aliphatic carbocycles. The van der Waals surface area contributed by atoms with Gasteiger partial charge in [-0.25, -0.2) is 0 Å². The maximum absolute atomic E-state index is 5.34. The van der Waals surface area contributed by atoms with Gasteiger partial charge >= 0.3 is 0 Å². The maximum Gasteiger partial charge on any atom is 0.115 e. The number of fused-ring (bicyclic) bond motifs is 1. The van der Waals surface area contributed by atoms with E-state index in [1.54, 1.807) is 0 Å². The van der Waals surface area contributed by atoms with E-state index >= 15 is 0 Å². The zero-order valence-electron chi connectivity index (χ0n) is 7.55. The average molecular weight is 171 g/mol. The molecule has 0 saturated heterocycles. The van der Waals surface area contributed by atoms with E-state index in [9.17, 15) is 0 Å². The minimum atomic E-state index is 0.734. The predicted molar refractivity (Wildman–Crippen MR) is 51.3 cm³/mol. The first-order valence-electron chi connectivity index (χ1n) is 4.01. The largest absolute Gasteiger partial charge is 0.269 e. The van der Waals surface area contributed by atoms with Gasteiger partial charge in [-0.2, -0.15) is 5.10 Å². The van der Waals surface area contributed by atoms with Crippen LogP contribution in [0.2, 0.25) is 0 Å². The molecular formula is C10H9N3. The number of nitrogens with one attached hydrogen (secondary N) is 1. The van der Waals surface area contributed by atoms with Gasteiger partial charge in [0.15, 0.2) is 0 Å². The van der Waals surface area contributed by atoms with Crippen LogP contribution in [-0.4, -0.2) is 15.2 Å². The normalized spacial score (nSPS) is 10.2. The number of terminal acetylenes is 1. The van der Waals surface area contributed by atoms with Crippen molar-refractivity contribution in [1.29, 1.82) is 0 Å². The molecule has 3 heteroatoms. The third kappa shape index (κ3) is 0.994. The van der Waals surface area contributed by atoms with Crippen molar-refractivity contribution in [2.24, 2.45) is 0 Å². The molecule has 0 aliphatic rings. The molecule has 0 saturated carbocycles. The molecule has 2 aromatic heterocycles. The Hall–Kier alpha value is -1.82. The Labute approximate surface area is 76.2 Å². The number of nitrogens with zero attached hydrogens (tertiary/aromatic N) is 2. The topological polar surface area (TPSA) is 41.6 Å². The molecule has 3 nitrogen and oxygen atoms in total. The maximum atomic E-state index is 5.34. The van der Waals surface area contributed by atoms with Crippen LogP contribution in [0.3, 0.4) is 0 Å². The van der Waals surface area contributed by atoms with Gasteiger partial charge in [0.2, 0.25) is 0 Å². The van der Waals surface area contributed by atoms with E-state index in [0.29, 0.717) is 0 Å². The van der Waals surface area contributed by atoms with Gasteiger partial charge in [-0.3, -0.25) is 10.1 Å². The lowest BCUT2D eigenvalue weighted by Crippen LogP contribution is -1.85. The first-order chi connectivity index (χ1) is 6.24. The highest BCUT2D eigenvalue weighted by Gasteiger charge is 2.08. The fraction of sp³-hybridized carbons (Fsp3) is 0.200. The van der Waals surface area contributed by atoms with Crippen LogP contribution in [0.4, 0.5) is 0 Å². The summed E-state index contributed by atoms with van der Waals surface area (Å²) >= 11 is 0. The average Bonchev–Trinajstić information content (AvgIpc) is 2.56. The van der Waals surface area contributed by atoms with Crippen molar-refractivity contribution in [2.75, 3.05) is 0 Å². The van der Waals surface area contributed by atoms with Gasteiger partial charge in [0.25, 0.3) is 0 Å². The van der Waals surface area contributed by atoms with Gasteiger partial charge in [0.1, 0.15) is 11.2 Å². The molecule has 2 heterocycles. The molecular weight excluding hydrogens is 162 g/mol. The first-order valence-corrected chi connectivity index (χ1v) is 4.01. The van der Waals surface area contributed by atoms with Crippen LogP contribution in [0, 0.1) is 26.2 Å². The Balaban J connectivity index is 2.98. The van der Waals surface area contributed by atoms with Crippen LogP contribution in [-0.2, 0) is 0 Å². The third-order valence-corrected chi connectivity index (χ3v) is 2.10. The van der Waals surface area contributed by atoms with Gasteiger partial charge in [-0.05, 0) is 19.4 Å². The number of rotatable bonds is 0. The molecule has 0 aliphatic heterocycles. The van der Waals surface area contributed by atoms with Crippen molar-refractivity contribution in [3.8, 4) is 12.3 Å². The number of aromatic nitrogens is 3. The molecule has 0 spiro atoms. The van der Waals surface area contributed by atoms with Crippen LogP contribution in [0.5, 0.6) is 0 Å². The molecule has 13 heavy (non-hydrogen) atoms. The van der Waals surface area contributed by atoms with E-state index in [-0.39, 0.29) is 0 Å². The van der Waals surface area contributed by atoms with Crippen molar-refractivity contribution >= 4 is 10.9 Å². The predicted octanol–water partition coefficient (Wildman–Crippen LogP) is 1.56. The van der Waals surface area contributed by atoms with Gasteiger partial charge in [0.05, 0.1) is 5.69 Å². The van der Waals surface area contributed by atoms with Gasteiger partial charge < -0.3 is 0 Å². The minimum absolute atomic E-state index is 0.734. The molecule has 0 amide bonds. The molecule has 0 unspecified atom stereocenters. The zero-order valence-corrected chi connectivity index (χ0v) is 7.55. The summed E-state index contributed by atoms with van der Waals surface area (Å²) in [6.07, 6.45) is 7.15. The Kier molecular flexibility index (Phi) is 1.56. The van der Waals surface area contributed by atoms with E-state index in [1.165, 1.54) is 0 Å². The SMILES string of the molecule is C#Cc1[nH]nc2c(C)ncc(C)c12. The van der Waals surface area contributed by atoms with Gasteiger partial charge in [-0.15, -0.1) is 6.42 Å². The van der Waals surface area contributed by atoms with E-state index in [2.05, 4.69) is 21.1 Å². The highest BCUT2D eigenvalue weighted by Crippen LogP contribution is 2.20. The summed E-state index contributed by atoms with van der Waals surface area (Å²) in [7, 11) is 0. The number of aromatic amines is 1. The molecule has 2 rings (SSSR count). The number of hydrogen-bond acceptors (Lipinski definition) is 2. The quantitative estimate of drug-likeness (QED) is 0.611. The van der Waals surface area contributed by atoms with E-state index in [1.807, 2.05) is 20.0 Å². The molecule has 1 N–H and O–H groups in total. The highest BCUT2D eigenvalue weighted by atomic mass is 15.1. The molecule has 64 valence electrons. The second-order valence-corrected chi connectivity index (χ2v) is 2.99. The summed E-state index contributed by atoms with van der Waals surface area (Å²) in [6, 6.07) is 0. The van der Waals surface area contributed by atoms with Gasteiger partial charge in [-0.1, -0.05) is 5.92 Å². The van der Waals surface area contributed by atoms with Crippen molar-refractivity contribution in [2.45, 2.75) is 13.8 Å². The molecule has 0 bridgehead atoms. The van der Waals surface area contributed by atoms with Crippen molar-refractivity contribution in [1.82, 2.24) is 15.2 Å². The standard InChI is InChI=1S/C10H9N3/c1-4-8-9-6(2)5-11-7(3)10(9)13-12-8/h1,5H,2-3H3,(H,12,13). The second-order valence-electron chi connectivity index (χ2n) is 2.99. The van der Waals surface area contributed by atoms with E-state index in [4.69, 9.17) is 6.42 Å². The lowest BCUT2D eigenvalue weighted by atomic mass is 10.1. The van der Waals surface area contributed by atoms with Gasteiger partial charge in [0, 0.05) is 11.6 Å². The third-order valence-electron chi connectivity index (χ3n) is 2.10.